The van der Waals surface area contributed by atoms with Crippen LogP contribution in [-0.2, 0) is 32.5 Å². The van der Waals surface area contributed by atoms with Crippen molar-refractivity contribution in [3.05, 3.63) is 40.7 Å². The van der Waals surface area contributed by atoms with Crippen LogP contribution in [0.2, 0.25) is 0 Å². The van der Waals surface area contributed by atoms with Gasteiger partial charge in [-0.1, -0.05) is 13.8 Å². The van der Waals surface area contributed by atoms with E-state index < -0.39 is 0 Å². The number of hydrogen-bond donors (Lipinski definition) is 0. The molecule has 2 aromatic rings. The molecule has 0 N–H and O–H groups in total. The van der Waals surface area contributed by atoms with E-state index in [4.69, 9.17) is 4.98 Å². The second-order valence-corrected chi connectivity index (χ2v) is 6.45. The van der Waals surface area contributed by atoms with E-state index in [9.17, 15) is 0 Å². The first-order valence-electron chi connectivity index (χ1n) is 8.78. The van der Waals surface area contributed by atoms with Gasteiger partial charge in [-0.3, -0.25) is 9.58 Å². The molecule has 0 aliphatic carbocycles. The first-order chi connectivity index (χ1) is 11.2. The highest BCUT2D eigenvalue weighted by Gasteiger charge is 2.19. The molecular formula is C18H27N5. The van der Waals surface area contributed by atoms with Gasteiger partial charge in [0.25, 0.3) is 0 Å². The summed E-state index contributed by atoms with van der Waals surface area (Å²) >= 11 is 0. The Hall–Kier alpha value is -1.75. The second-order valence-electron chi connectivity index (χ2n) is 6.45. The standard InChI is InChI=1S/C18H27N5/c1-4-6-18-19-10-16-13-22(9-7-17(16)21-18)12-15-11-20-23(8-5-2)14(15)3/h10-11H,4-9,12-13H2,1-3H3. The van der Waals surface area contributed by atoms with Crippen molar-refractivity contribution in [3.63, 3.8) is 0 Å². The number of aryl methyl sites for hydroxylation is 2. The zero-order valence-corrected chi connectivity index (χ0v) is 14.5. The van der Waals surface area contributed by atoms with Gasteiger partial charge in [0.1, 0.15) is 5.82 Å². The molecule has 124 valence electrons. The number of nitrogens with zero attached hydrogens (tertiary/aromatic N) is 5. The summed E-state index contributed by atoms with van der Waals surface area (Å²) in [7, 11) is 0. The molecule has 0 radical (unpaired) electrons. The smallest absolute Gasteiger partial charge is 0.128 e. The largest absolute Gasteiger partial charge is 0.294 e. The molecular weight excluding hydrogens is 286 g/mol. The molecule has 2 aromatic heterocycles. The Kier molecular flexibility index (Phi) is 5.06. The van der Waals surface area contributed by atoms with Gasteiger partial charge in [-0.05, 0) is 19.8 Å². The Balaban J connectivity index is 1.68. The first kappa shape index (κ1) is 16.1. The Bertz CT molecular complexity index is 661. The molecule has 0 aromatic carbocycles. The Morgan fingerprint density at radius 1 is 1.17 bits per heavy atom. The van der Waals surface area contributed by atoms with Crippen molar-refractivity contribution in [2.75, 3.05) is 6.54 Å². The van der Waals surface area contributed by atoms with Crippen LogP contribution in [0.1, 0.15) is 55.0 Å². The van der Waals surface area contributed by atoms with Gasteiger partial charge in [-0.25, -0.2) is 9.97 Å². The lowest BCUT2D eigenvalue weighted by Crippen LogP contribution is -2.31. The molecule has 0 amide bonds. The van der Waals surface area contributed by atoms with Gasteiger partial charge in [0.15, 0.2) is 0 Å². The highest BCUT2D eigenvalue weighted by molar-refractivity contribution is 5.22. The lowest BCUT2D eigenvalue weighted by Gasteiger charge is -2.28. The van der Waals surface area contributed by atoms with E-state index in [0.29, 0.717) is 0 Å². The topological polar surface area (TPSA) is 46.8 Å². The third kappa shape index (κ3) is 3.61. The number of rotatable bonds is 6. The normalized spacial score (nSPS) is 14.9. The summed E-state index contributed by atoms with van der Waals surface area (Å²) < 4.78 is 2.12. The molecule has 5 nitrogen and oxygen atoms in total. The Morgan fingerprint density at radius 3 is 2.83 bits per heavy atom. The molecule has 0 saturated heterocycles. The minimum Gasteiger partial charge on any atom is -0.294 e. The third-order valence-corrected chi connectivity index (χ3v) is 4.57. The number of fused-ring (bicyclic) bond motifs is 1. The van der Waals surface area contributed by atoms with Gasteiger partial charge < -0.3 is 0 Å². The van der Waals surface area contributed by atoms with Gasteiger partial charge in [0.05, 0.1) is 6.20 Å². The van der Waals surface area contributed by atoms with Crippen molar-refractivity contribution >= 4 is 0 Å². The number of hydrogen-bond acceptors (Lipinski definition) is 4. The molecule has 23 heavy (non-hydrogen) atoms. The van der Waals surface area contributed by atoms with Crippen LogP contribution in [0.15, 0.2) is 12.4 Å². The average molecular weight is 313 g/mol. The van der Waals surface area contributed by atoms with E-state index in [1.54, 1.807) is 0 Å². The highest BCUT2D eigenvalue weighted by Crippen LogP contribution is 2.20. The fourth-order valence-electron chi connectivity index (χ4n) is 3.21. The van der Waals surface area contributed by atoms with Gasteiger partial charge >= 0.3 is 0 Å². The van der Waals surface area contributed by atoms with Crippen molar-refractivity contribution < 1.29 is 0 Å². The Labute approximate surface area is 138 Å². The van der Waals surface area contributed by atoms with Crippen LogP contribution in [0.25, 0.3) is 0 Å². The minimum atomic E-state index is 0.945. The zero-order chi connectivity index (χ0) is 16.2. The third-order valence-electron chi connectivity index (χ3n) is 4.57. The minimum absolute atomic E-state index is 0.945. The lowest BCUT2D eigenvalue weighted by molar-refractivity contribution is 0.242. The summed E-state index contributed by atoms with van der Waals surface area (Å²) in [6, 6.07) is 0. The summed E-state index contributed by atoms with van der Waals surface area (Å²) in [4.78, 5) is 11.7. The molecule has 0 spiro atoms. The second kappa shape index (κ2) is 7.21. The van der Waals surface area contributed by atoms with Gasteiger partial charge in [-0.2, -0.15) is 5.10 Å². The van der Waals surface area contributed by atoms with Crippen molar-refractivity contribution in [2.24, 2.45) is 0 Å². The number of aromatic nitrogens is 4. The summed E-state index contributed by atoms with van der Waals surface area (Å²) in [6.07, 6.45) is 8.29. The highest BCUT2D eigenvalue weighted by atomic mass is 15.3. The quantitative estimate of drug-likeness (QED) is 0.822. The maximum absolute atomic E-state index is 4.74. The van der Waals surface area contributed by atoms with Crippen molar-refractivity contribution in [2.45, 2.75) is 66.1 Å². The van der Waals surface area contributed by atoms with Crippen LogP contribution in [0.5, 0.6) is 0 Å². The van der Waals surface area contributed by atoms with E-state index in [1.807, 2.05) is 12.4 Å². The molecule has 5 heteroatoms. The summed E-state index contributed by atoms with van der Waals surface area (Å²) in [5, 5.41) is 4.51. The van der Waals surface area contributed by atoms with Crippen molar-refractivity contribution in [1.82, 2.24) is 24.6 Å². The first-order valence-corrected chi connectivity index (χ1v) is 8.78. The molecule has 0 unspecified atom stereocenters. The van der Waals surface area contributed by atoms with Gasteiger partial charge in [-0.15, -0.1) is 0 Å². The molecule has 3 rings (SSSR count). The van der Waals surface area contributed by atoms with E-state index >= 15 is 0 Å². The van der Waals surface area contributed by atoms with Crippen molar-refractivity contribution in [1.29, 1.82) is 0 Å². The van der Waals surface area contributed by atoms with E-state index in [-0.39, 0.29) is 0 Å². The Morgan fingerprint density at radius 2 is 2.04 bits per heavy atom. The average Bonchev–Trinajstić information content (AvgIpc) is 2.89. The van der Waals surface area contributed by atoms with E-state index in [0.717, 1.165) is 57.7 Å². The fraction of sp³-hybridized carbons (Fsp3) is 0.611. The monoisotopic (exact) mass is 313 g/mol. The molecule has 0 atom stereocenters. The molecule has 1 aliphatic rings. The van der Waals surface area contributed by atoms with Crippen LogP contribution in [0, 0.1) is 6.92 Å². The van der Waals surface area contributed by atoms with E-state index in [2.05, 4.69) is 40.4 Å². The maximum atomic E-state index is 4.74. The predicted octanol–water partition coefficient (Wildman–Crippen LogP) is 2.90. The van der Waals surface area contributed by atoms with Gasteiger partial charge in [0.2, 0.25) is 0 Å². The summed E-state index contributed by atoms with van der Waals surface area (Å²) in [5.74, 6) is 0.997. The van der Waals surface area contributed by atoms with Gasteiger partial charge in [0, 0.05) is 67.7 Å². The van der Waals surface area contributed by atoms with Crippen LogP contribution in [-0.4, -0.2) is 31.2 Å². The molecule has 0 saturated carbocycles. The molecule has 1 aliphatic heterocycles. The van der Waals surface area contributed by atoms with Crippen LogP contribution < -0.4 is 0 Å². The molecule has 3 heterocycles. The van der Waals surface area contributed by atoms with E-state index in [1.165, 1.54) is 22.5 Å². The predicted molar refractivity (Wildman–Crippen MR) is 91.1 cm³/mol. The fourth-order valence-corrected chi connectivity index (χ4v) is 3.21. The van der Waals surface area contributed by atoms with Crippen molar-refractivity contribution in [3.8, 4) is 0 Å². The molecule has 0 fully saturated rings. The zero-order valence-electron chi connectivity index (χ0n) is 14.5. The molecule has 0 bridgehead atoms. The summed E-state index contributed by atoms with van der Waals surface area (Å²) in [5.41, 5.74) is 5.17. The maximum Gasteiger partial charge on any atom is 0.128 e. The van der Waals surface area contributed by atoms with Crippen LogP contribution >= 0.6 is 0 Å². The SMILES string of the molecule is CCCc1ncc2c(n1)CCN(Cc1cnn(CCC)c1C)C2. The lowest BCUT2D eigenvalue weighted by atomic mass is 10.1. The summed E-state index contributed by atoms with van der Waals surface area (Å²) in [6.45, 7) is 10.5. The van der Waals surface area contributed by atoms with Crippen LogP contribution in [0.4, 0.5) is 0 Å². The van der Waals surface area contributed by atoms with Crippen LogP contribution in [0.3, 0.4) is 0 Å².